The number of nitrogens with two attached hydrogens (primary N) is 1. The van der Waals surface area contributed by atoms with Gasteiger partial charge in [0.2, 0.25) is 0 Å². The molecule has 0 spiro atoms. The Bertz CT molecular complexity index is 424. The van der Waals surface area contributed by atoms with Crippen LogP contribution in [-0.2, 0) is 0 Å². The van der Waals surface area contributed by atoms with Gasteiger partial charge < -0.3 is 5.73 Å². The lowest BCUT2D eigenvalue weighted by Gasteiger charge is -2.29. The fraction of sp³-hybridized carbons (Fsp3) is 0.533. The SMILES string of the molecule is Cc1cc(F)cc(C(=O)C2CCCCC2CN)c1. The standard InChI is InChI=1S/C15H20FNO/c1-10-6-12(8-13(16)7-10)15(18)14-5-3-2-4-11(14)9-17/h6-8,11,14H,2-5,9,17H2,1H3. The summed E-state index contributed by atoms with van der Waals surface area (Å²) in [5.41, 5.74) is 7.03. The summed E-state index contributed by atoms with van der Waals surface area (Å²) < 4.78 is 13.4. The minimum atomic E-state index is -0.335. The van der Waals surface area contributed by atoms with Gasteiger partial charge in [0.1, 0.15) is 5.82 Å². The quantitative estimate of drug-likeness (QED) is 0.836. The maximum absolute atomic E-state index is 13.4. The maximum Gasteiger partial charge on any atom is 0.166 e. The van der Waals surface area contributed by atoms with Gasteiger partial charge in [-0.15, -0.1) is 0 Å². The zero-order chi connectivity index (χ0) is 13.1. The molecule has 2 N–H and O–H groups in total. The molecule has 1 aliphatic carbocycles. The highest BCUT2D eigenvalue weighted by Gasteiger charge is 2.30. The van der Waals surface area contributed by atoms with Gasteiger partial charge in [0.25, 0.3) is 0 Å². The molecule has 0 bridgehead atoms. The molecule has 0 aromatic heterocycles. The number of Topliss-reactive ketones (excluding diaryl/α,β-unsaturated/α-hetero) is 1. The number of benzene rings is 1. The van der Waals surface area contributed by atoms with E-state index in [0.717, 1.165) is 31.2 Å². The molecule has 1 aromatic carbocycles. The van der Waals surface area contributed by atoms with Crippen LogP contribution < -0.4 is 5.73 Å². The average molecular weight is 249 g/mol. The first-order valence-electron chi connectivity index (χ1n) is 6.63. The molecule has 2 atom stereocenters. The summed E-state index contributed by atoms with van der Waals surface area (Å²) in [6.45, 7) is 2.35. The summed E-state index contributed by atoms with van der Waals surface area (Å²) in [4.78, 5) is 12.5. The van der Waals surface area contributed by atoms with Crippen molar-refractivity contribution < 1.29 is 9.18 Å². The minimum Gasteiger partial charge on any atom is -0.330 e. The third kappa shape index (κ3) is 2.78. The second kappa shape index (κ2) is 5.61. The zero-order valence-corrected chi connectivity index (χ0v) is 10.8. The van der Waals surface area contributed by atoms with Crippen LogP contribution in [0.2, 0.25) is 0 Å². The molecule has 0 saturated heterocycles. The Hall–Kier alpha value is -1.22. The molecule has 1 aliphatic rings. The number of halogens is 1. The highest BCUT2D eigenvalue weighted by molar-refractivity contribution is 5.98. The van der Waals surface area contributed by atoms with E-state index >= 15 is 0 Å². The molecule has 0 amide bonds. The van der Waals surface area contributed by atoms with Crippen LogP contribution in [0, 0.1) is 24.6 Å². The second-order valence-electron chi connectivity index (χ2n) is 5.27. The van der Waals surface area contributed by atoms with E-state index in [1.807, 2.05) is 0 Å². The molecule has 1 aromatic rings. The van der Waals surface area contributed by atoms with E-state index in [1.165, 1.54) is 12.1 Å². The first kappa shape index (κ1) is 13.2. The van der Waals surface area contributed by atoms with Crippen LogP contribution in [-0.4, -0.2) is 12.3 Å². The molecule has 2 nitrogen and oxygen atoms in total. The maximum atomic E-state index is 13.4. The molecular weight excluding hydrogens is 229 g/mol. The van der Waals surface area contributed by atoms with Crippen LogP contribution in [0.25, 0.3) is 0 Å². The third-order valence-corrected chi connectivity index (χ3v) is 3.88. The van der Waals surface area contributed by atoms with E-state index in [1.54, 1.807) is 13.0 Å². The fourth-order valence-corrected chi connectivity index (χ4v) is 2.93. The predicted octanol–water partition coefficient (Wildman–Crippen LogP) is 3.08. The van der Waals surface area contributed by atoms with Crippen LogP contribution >= 0.6 is 0 Å². The summed E-state index contributed by atoms with van der Waals surface area (Å²) in [6.07, 6.45) is 4.12. The molecule has 3 heteroatoms. The number of ketones is 1. The van der Waals surface area contributed by atoms with Crippen molar-refractivity contribution in [2.75, 3.05) is 6.54 Å². The van der Waals surface area contributed by atoms with Crippen LogP contribution in [0.1, 0.15) is 41.6 Å². The third-order valence-electron chi connectivity index (χ3n) is 3.88. The van der Waals surface area contributed by atoms with Gasteiger partial charge >= 0.3 is 0 Å². The number of carbonyl (C=O) groups is 1. The molecule has 1 saturated carbocycles. The first-order chi connectivity index (χ1) is 8.61. The highest BCUT2D eigenvalue weighted by Crippen LogP contribution is 2.32. The van der Waals surface area contributed by atoms with Crippen molar-refractivity contribution in [2.45, 2.75) is 32.6 Å². The van der Waals surface area contributed by atoms with Crippen molar-refractivity contribution in [1.29, 1.82) is 0 Å². The number of hydrogen-bond donors (Lipinski definition) is 1. The fourth-order valence-electron chi connectivity index (χ4n) is 2.93. The van der Waals surface area contributed by atoms with Crippen molar-refractivity contribution in [2.24, 2.45) is 17.6 Å². The molecule has 98 valence electrons. The second-order valence-corrected chi connectivity index (χ2v) is 5.27. The van der Waals surface area contributed by atoms with Crippen LogP contribution in [0.3, 0.4) is 0 Å². The van der Waals surface area contributed by atoms with Gasteiger partial charge in [-0.25, -0.2) is 4.39 Å². The summed E-state index contributed by atoms with van der Waals surface area (Å²) in [7, 11) is 0. The van der Waals surface area contributed by atoms with Gasteiger partial charge in [0.05, 0.1) is 0 Å². The monoisotopic (exact) mass is 249 g/mol. The minimum absolute atomic E-state index is 0.0232. The Balaban J connectivity index is 2.23. The van der Waals surface area contributed by atoms with Gasteiger partial charge in [0.15, 0.2) is 5.78 Å². The number of carbonyl (C=O) groups excluding carboxylic acids is 1. The summed E-state index contributed by atoms with van der Waals surface area (Å²) in [5, 5.41) is 0. The Kier molecular flexibility index (Phi) is 4.12. The Labute approximate surface area is 107 Å². The normalized spacial score (nSPS) is 23.9. The molecule has 0 heterocycles. The van der Waals surface area contributed by atoms with Gasteiger partial charge in [-0.05, 0) is 56.0 Å². The van der Waals surface area contributed by atoms with Gasteiger partial charge in [0, 0.05) is 11.5 Å². The van der Waals surface area contributed by atoms with Crippen molar-refractivity contribution in [3.8, 4) is 0 Å². The highest BCUT2D eigenvalue weighted by atomic mass is 19.1. The number of rotatable bonds is 3. The molecule has 0 aliphatic heterocycles. The van der Waals surface area contributed by atoms with E-state index < -0.39 is 0 Å². The Morgan fingerprint density at radius 1 is 1.33 bits per heavy atom. The van der Waals surface area contributed by atoms with Gasteiger partial charge in [-0.1, -0.05) is 12.8 Å². The van der Waals surface area contributed by atoms with E-state index in [-0.39, 0.29) is 23.4 Å². The van der Waals surface area contributed by atoms with E-state index in [4.69, 9.17) is 5.73 Å². The summed E-state index contributed by atoms with van der Waals surface area (Å²) in [6, 6.07) is 4.56. The predicted molar refractivity (Wildman–Crippen MR) is 70.0 cm³/mol. The van der Waals surface area contributed by atoms with E-state index in [9.17, 15) is 9.18 Å². The lowest BCUT2D eigenvalue weighted by atomic mass is 9.75. The summed E-state index contributed by atoms with van der Waals surface area (Å²) in [5.74, 6) is -0.0361. The first-order valence-corrected chi connectivity index (χ1v) is 6.63. The number of aryl methyl sites for hydroxylation is 1. The van der Waals surface area contributed by atoms with E-state index in [2.05, 4.69) is 0 Å². The largest absolute Gasteiger partial charge is 0.330 e. The van der Waals surface area contributed by atoms with Crippen molar-refractivity contribution in [3.05, 3.63) is 35.1 Å². The Morgan fingerprint density at radius 3 is 2.72 bits per heavy atom. The lowest BCUT2D eigenvalue weighted by Crippen LogP contribution is -2.32. The van der Waals surface area contributed by atoms with Crippen molar-refractivity contribution >= 4 is 5.78 Å². The topological polar surface area (TPSA) is 43.1 Å². The summed E-state index contributed by atoms with van der Waals surface area (Å²) >= 11 is 0. The molecule has 1 fully saturated rings. The van der Waals surface area contributed by atoms with Gasteiger partial charge in [-0.2, -0.15) is 0 Å². The molecule has 2 rings (SSSR count). The molecule has 2 unspecified atom stereocenters. The molecule has 0 radical (unpaired) electrons. The number of hydrogen-bond acceptors (Lipinski definition) is 2. The zero-order valence-electron chi connectivity index (χ0n) is 10.8. The van der Waals surface area contributed by atoms with Crippen molar-refractivity contribution in [1.82, 2.24) is 0 Å². The van der Waals surface area contributed by atoms with Crippen molar-refractivity contribution in [3.63, 3.8) is 0 Å². The van der Waals surface area contributed by atoms with E-state index in [0.29, 0.717) is 12.1 Å². The van der Waals surface area contributed by atoms with Crippen LogP contribution in [0.15, 0.2) is 18.2 Å². The molecular formula is C15H20FNO. The van der Waals surface area contributed by atoms with Crippen LogP contribution in [0.5, 0.6) is 0 Å². The average Bonchev–Trinajstić information content (AvgIpc) is 2.36. The lowest BCUT2D eigenvalue weighted by molar-refractivity contribution is 0.0829. The smallest absolute Gasteiger partial charge is 0.166 e. The Morgan fingerprint density at radius 2 is 2.06 bits per heavy atom. The van der Waals surface area contributed by atoms with Gasteiger partial charge in [-0.3, -0.25) is 4.79 Å². The van der Waals surface area contributed by atoms with Crippen LogP contribution in [0.4, 0.5) is 4.39 Å². The molecule has 18 heavy (non-hydrogen) atoms.